The maximum Gasteiger partial charge on any atom is 0.303 e. The van der Waals surface area contributed by atoms with Crippen LogP contribution in [0.25, 0.3) is 0 Å². The van der Waals surface area contributed by atoms with Crippen molar-refractivity contribution < 1.29 is 27.9 Å². The van der Waals surface area contributed by atoms with Crippen LogP contribution in [0.4, 0.5) is 0 Å². The normalized spacial score (nSPS) is 13.9. The van der Waals surface area contributed by atoms with E-state index < -0.39 is 15.8 Å². The Balaban J connectivity index is 4.30. The first kappa shape index (κ1) is 25.9. The van der Waals surface area contributed by atoms with Crippen molar-refractivity contribution in [3.05, 3.63) is 0 Å². The van der Waals surface area contributed by atoms with Gasteiger partial charge in [-0.1, -0.05) is 39.0 Å². The molecule has 0 aliphatic rings. The van der Waals surface area contributed by atoms with Crippen molar-refractivity contribution in [2.75, 3.05) is 6.26 Å². The molecular weight excluding hydrogens is 368 g/mol. The zero-order valence-corrected chi connectivity index (χ0v) is 18.1. The number of sulfone groups is 1. The fourth-order valence-electron chi connectivity index (χ4n) is 3.27. The topological polar surface area (TPSA) is 97.7 Å². The smallest absolute Gasteiger partial charge is 0.303 e. The number of unbranched alkanes of at least 4 members (excludes halogenated alkanes) is 5. The molecule has 160 valence electrons. The quantitative estimate of drug-likeness (QED) is 0.282. The predicted octanol–water partition coefficient (Wildman–Crippen LogP) is 4.51. The Morgan fingerprint density at radius 1 is 0.889 bits per heavy atom. The van der Waals surface area contributed by atoms with E-state index in [0.29, 0.717) is 25.7 Å². The molecule has 0 aromatic carbocycles. The molecule has 2 unspecified atom stereocenters. The highest BCUT2D eigenvalue weighted by molar-refractivity contribution is 7.91. The molecule has 0 radical (unpaired) electrons. The molecule has 2 atom stereocenters. The van der Waals surface area contributed by atoms with Gasteiger partial charge in [-0.3, -0.25) is 9.59 Å². The molecule has 0 fully saturated rings. The highest BCUT2D eigenvalue weighted by Crippen LogP contribution is 2.20. The first-order chi connectivity index (χ1) is 12.7. The standard InChI is InChI=1S/C20H38O6S/c1-4-5-8-12-18(26-17(2)21)13-11-15-19(27(3,24)25)14-9-6-7-10-16-20(22)23/h18-19H,4-16H2,1-3H3,(H,22,23). The summed E-state index contributed by atoms with van der Waals surface area (Å²) in [4.78, 5) is 21.7. The van der Waals surface area contributed by atoms with Crippen molar-refractivity contribution >= 4 is 21.8 Å². The number of esters is 1. The maximum atomic E-state index is 12.0. The summed E-state index contributed by atoms with van der Waals surface area (Å²) in [6, 6.07) is 0. The molecule has 0 rings (SSSR count). The molecule has 0 saturated carbocycles. The van der Waals surface area contributed by atoms with Gasteiger partial charge in [-0.05, 0) is 44.9 Å². The van der Waals surface area contributed by atoms with Gasteiger partial charge in [-0.25, -0.2) is 8.42 Å². The van der Waals surface area contributed by atoms with Crippen LogP contribution in [-0.4, -0.2) is 43.1 Å². The van der Waals surface area contributed by atoms with Gasteiger partial charge in [-0.2, -0.15) is 0 Å². The van der Waals surface area contributed by atoms with E-state index >= 15 is 0 Å². The molecule has 6 nitrogen and oxygen atoms in total. The summed E-state index contributed by atoms with van der Waals surface area (Å²) in [5.74, 6) is -1.07. The number of carbonyl (C=O) groups excluding carboxylic acids is 1. The van der Waals surface area contributed by atoms with Crippen LogP contribution in [0.2, 0.25) is 0 Å². The first-order valence-electron chi connectivity index (χ1n) is 10.2. The fraction of sp³-hybridized carbons (Fsp3) is 0.900. The van der Waals surface area contributed by atoms with E-state index in [1.54, 1.807) is 0 Å². The zero-order chi connectivity index (χ0) is 20.7. The molecule has 1 N–H and O–H groups in total. The fourth-order valence-corrected chi connectivity index (χ4v) is 4.46. The van der Waals surface area contributed by atoms with Crippen molar-refractivity contribution in [3.8, 4) is 0 Å². The van der Waals surface area contributed by atoms with Crippen LogP contribution in [0.15, 0.2) is 0 Å². The molecule has 0 aliphatic heterocycles. The van der Waals surface area contributed by atoms with E-state index in [2.05, 4.69) is 6.92 Å². The lowest BCUT2D eigenvalue weighted by molar-refractivity contribution is -0.147. The second kappa shape index (κ2) is 14.9. The van der Waals surface area contributed by atoms with E-state index in [0.717, 1.165) is 51.4 Å². The number of aliphatic carboxylic acids is 1. The average Bonchev–Trinajstić information content (AvgIpc) is 2.54. The van der Waals surface area contributed by atoms with Crippen LogP contribution in [0, 0.1) is 0 Å². The van der Waals surface area contributed by atoms with Gasteiger partial charge >= 0.3 is 11.9 Å². The molecule has 27 heavy (non-hydrogen) atoms. The Bertz CT molecular complexity index is 515. The van der Waals surface area contributed by atoms with E-state index in [-0.39, 0.29) is 23.7 Å². The van der Waals surface area contributed by atoms with Gasteiger partial charge in [0.1, 0.15) is 15.9 Å². The monoisotopic (exact) mass is 406 g/mol. The molecule has 0 heterocycles. The molecule has 0 bridgehead atoms. The molecule has 7 heteroatoms. The summed E-state index contributed by atoms with van der Waals surface area (Å²) < 4.78 is 29.5. The number of ether oxygens (including phenoxy) is 1. The lowest BCUT2D eigenvalue weighted by Crippen LogP contribution is -2.22. The number of hydrogen-bond acceptors (Lipinski definition) is 5. The second-order valence-electron chi connectivity index (χ2n) is 7.46. The van der Waals surface area contributed by atoms with Crippen molar-refractivity contribution in [1.82, 2.24) is 0 Å². The Labute approximate surface area is 165 Å². The van der Waals surface area contributed by atoms with Crippen LogP contribution in [0.1, 0.15) is 97.3 Å². The number of hydrogen-bond donors (Lipinski definition) is 1. The Kier molecular flexibility index (Phi) is 14.3. The van der Waals surface area contributed by atoms with Crippen molar-refractivity contribution in [3.63, 3.8) is 0 Å². The number of carboxylic acids is 1. The second-order valence-corrected chi connectivity index (χ2v) is 9.78. The molecule has 0 spiro atoms. The SMILES string of the molecule is CCCCCC(CCCC(CCCCCCC(=O)O)S(C)(=O)=O)OC(C)=O. The Morgan fingerprint density at radius 2 is 1.44 bits per heavy atom. The molecular formula is C20H38O6S. The van der Waals surface area contributed by atoms with Crippen LogP contribution in [0.5, 0.6) is 0 Å². The van der Waals surface area contributed by atoms with Gasteiger partial charge < -0.3 is 9.84 Å². The summed E-state index contributed by atoms with van der Waals surface area (Å²) in [7, 11) is -3.11. The third-order valence-corrected chi connectivity index (χ3v) is 6.47. The summed E-state index contributed by atoms with van der Waals surface area (Å²) in [5.41, 5.74) is 0. The number of rotatable bonds is 17. The van der Waals surface area contributed by atoms with Crippen molar-refractivity contribution in [2.24, 2.45) is 0 Å². The minimum Gasteiger partial charge on any atom is -0.481 e. The van der Waals surface area contributed by atoms with Gasteiger partial charge in [0, 0.05) is 19.6 Å². The zero-order valence-electron chi connectivity index (χ0n) is 17.2. The Morgan fingerprint density at radius 3 is 2.00 bits per heavy atom. The predicted molar refractivity (Wildman–Crippen MR) is 108 cm³/mol. The summed E-state index contributed by atoms with van der Waals surface area (Å²) in [6.45, 7) is 3.54. The van der Waals surface area contributed by atoms with Crippen molar-refractivity contribution in [2.45, 2.75) is 109 Å². The van der Waals surface area contributed by atoms with E-state index in [1.165, 1.54) is 13.2 Å². The maximum absolute atomic E-state index is 12.0. The first-order valence-corrected chi connectivity index (χ1v) is 12.2. The third-order valence-electron chi connectivity index (χ3n) is 4.79. The van der Waals surface area contributed by atoms with E-state index in [9.17, 15) is 18.0 Å². The van der Waals surface area contributed by atoms with Crippen LogP contribution in [0.3, 0.4) is 0 Å². The van der Waals surface area contributed by atoms with Gasteiger partial charge in [0.25, 0.3) is 0 Å². The third kappa shape index (κ3) is 15.6. The van der Waals surface area contributed by atoms with Gasteiger partial charge in [0.2, 0.25) is 0 Å². The van der Waals surface area contributed by atoms with Gasteiger partial charge in [0.05, 0.1) is 5.25 Å². The molecule has 0 aliphatic carbocycles. The summed E-state index contributed by atoms with van der Waals surface area (Å²) in [5, 5.41) is 8.25. The minimum absolute atomic E-state index is 0.120. The summed E-state index contributed by atoms with van der Waals surface area (Å²) in [6.07, 6.45) is 11.1. The van der Waals surface area contributed by atoms with Gasteiger partial charge in [-0.15, -0.1) is 0 Å². The lowest BCUT2D eigenvalue weighted by atomic mass is 10.0. The van der Waals surface area contributed by atoms with Crippen LogP contribution in [-0.2, 0) is 24.2 Å². The molecule has 0 aromatic rings. The Hall–Kier alpha value is -1.11. The summed E-state index contributed by atoms with van der Waals surface area (Å²) >= 11 is 0. The van der Waals surface area contributed by atoms with Crippen molar-refractivity contribution in [1.29, 1.82) is 0 Å². The highest BCUT2D eigenvalue weighted by Gasteiger charge is 2.21. The molecule has 0 aromatic heterocycles. The van der Waals surface area contributed by atoms with Crippen LogP contribution < -0.4 is 0 Å². The van der Waals surface area contributed by atoms with E-state index in [1.807, 2.05) is 0 Å². The van der Waals surface area contributed by atoms with Gasteiger partial charge in [0.15, 0.2) is 0 Å². The number of carboxylic acid groups (broad SMARTS) is 1. The minimum atomic E-state index is -3.11. The van der Waals surface area contributed by atoms with Crippen LogP contribution >= 0.6 is 0 Å². The number of carbonyl (C=O) groups is 2. The molecule has 0 amide bonds. The molecule has 0 saturated heterocycles. The van der Waals surface area contributed by atoms with E-state index in [4.69, 9.17) is 9.84 Å². The largest absolute Gasteiger partial charge is 0.481 e. The lowest BCUT2D eigenvalue weighted by Gasteiger charge is -2.19. The average molecular weight is 407 g/mol. The highest BCUT2D eigenvalue weighted by atomic mass is 32.2.